The lowest BCUT2D eigenvalue weighted by molar-refractivity contribution is 0.145. The van der Waals surface area contributed by atoms with Crippen molar-refractivity contribution in [2.45, 2.75) is 19.9 Å². The van der Waals surface area contributed by atoms with Crippen LogP contribution in [0, 0.1) is 0 Å². The molecule has 3 rings (SSSR count). The summed E-state index contributed by atoms with van der Waals surface area (Å²) in [5.41, 5.74) is 6.67. The van der Waals surface area contributed by atoms with Gasteiger partial charge < -0.3 is 10.1 Å². The van der Waals surface area contributed by atoms with E-state index < -0.39 is 0 Å². The molecule has 0 bridgehead atoms. The highest BCUT2D eigenvalue weighted by molar-refractivity contribution is 7.80. The van der Waals surface area contributed by atoms with Crippen molar-refractivity contribution in [1.82, 2.24) is 25.5 Å². The Morgan fingerprint density at radius 1 is 1.23 bits per heavy atom. The Labute approximate surface area is 182 Å². The molecule has 0 atom stereocenters. The average molecular weight is 423 g/mol. The molecule has 2 heterocycles. The molecule has 0 amide bonds. The molecule has 156 valence electrons. The summed E-state index contributed by atoms with van der Waals surface area (Å²) in [6.07, 6.45) is 8.13. The van der Waals surface area contributed by atoms with Crippen molar-refractivity contribution < 1.29 is 4.74 Å². The normalized spacial score (nSPS) is 11.0. The zero-order valence-electron chi connectivity index (χ0n) is 17.0. The highest BCUT2D eigenvalue weighted by Gasteiger charge is 2.10. The largest absolute Gasteiger partial charge is 0.382 e. The average Bonchev–Trinajstić information content (AvgIpc) is 3.17. The van der Waals surface area contributed by atoms with Gasteiger partial charge in [0, 0.05) is 49.5 Å². The van der Waals surface area contributed by atoms with Gasteiger partial charge in [-0.05, 0) is 43.3 Å². The molecule has 0 spiro atoms. The van der Waals surface area contributed by atoms with Crippen molar-refractivity contribution in [2.75, 3.05) is 19.8 Å². The van der Waals surface area contributed by atoms with Gasteiger partial charge in [-0.15, -0.1) is 0 Å². The number of rotatable bonds is 10. The SMILES string of the molecule is CCOCCCNC(=S)N/N=C\c1cn(Cc2ccccc2)nc1-c1cccnc1. The van der Waals surface area contributed by atoms with E-state index in [0.29, 0.717) is 18.3 Å². The zero-order chi connectivity index (χ0) is 21.0. The van der Waals surface area contributed by atoms with Crippen LogP contribution in [-0.4, -0.2) is 45.9 Å². The Morgan fingerprint density at radius 2 is 2.10 bits per heavy atom. The monoisotopic (exact) mass is 422 g/mol. The van der Waals surface area contributed by atoms with Gasteiger partial charge in [0.2, 0.25) is 0 Å². The molecule has 8 heteroatoms. The maximum atomic E-state index is 5.31. The molecule has 7 nitrogen and oxygen atoms in total. The summed E-state index contributed by atoms with van der Waals surface area (Å²) in [7, 11) is 0. The number of pyridine rings is 1. The Kier molecular flexibility index (Phi) is 8.49. The van der Waals surface area contributed by atoms with Crippen LogP contribution < -0.4 is 10.7 Å². The van der Waals surface area contributed by atoms with Crippen LogP contribution in [0.5, 0.6) is 0 Å². The molecule has 0 saturated carbocycles. The quantitative estimate of drug-likeness (QED) is 0.226. The molecule has 30 heavy (non-hydrogen) atoms. The number of nitrogens with zero attached hydrogens (tertiary/aromatic N) is 4. The molecule has 1 aromatic carbocycles. The molecule has 3 aromatic rings. The number of hydrogen-bond acceptors (Lipinski definition) is 5. The Morgan fingerprint density at radius 3 is 2.87 bits per heavy atom. The number of hydrazone groups is 1. The molecular weight excluding hydrogens is 396 g/mol. The third kappa shape index (κ3) is 6.75. The first kappa shape index (κ1) is 21.6. The molecule has 0 unspecified atom stereocenters. The van der Waals surface area contributed by atoms with Crippen LogP contribution in [0.25, 0.3) is 11.3 Å². The number of benzene rings is 1. The van der Waals surface area contributed by atoms with Crippen LogP contribution >= 0.6 is 12.2 Å². The van der Waals surface area contributed by atoms with Gasteiger partial charge in [0.05, 0.1) is 12.8 Å². The van der Waals surface area contributed by atoms with Crippen LogP contribution in [0.3, 0.4) is 0 Å². The number of ether oxygens (including phenoxy) is 1. The minimum Gasteiger partial charge on any atom is -0.382 e. The van der Waals surface area contributed by atoms with Gasteiger partial charge in [-0.3, -0.25) is 15.1 Å². The van der Waals surface area contributed by atoms with E-state index in [2.05, 4.69) is 33.0 Å². The molecule has 0 aliphatic rings. The van der Waals surface area contributed by atoms with Crippen molar-refractivity contribution in [3.8, 4) is 11.3 Å². The van der Waals surface area contributed by atoms with Crippen LogP contribution in [-0.2, 0) is 11.3 Å². The Balaban J connectivity index is 1.66. The first-order chi connectivity index (χ1) is 14.8. The molecule has 2 N–H and O–H groups in total. The molecule has 0 aliphatic carbocycles. The van der Waals surface area contributed by atoms with E-state index in [1.165, 1.54) is 5.56 Å². The summed E-state index contributed by atoms with van der Waals surface area (Å²) in [4.78, 5) is 4.21. The van der Waals surface area contributed by atoms with Crippen LogP contribution in [0.1, 0.15) is 24.5 Å². The predicted octanol–water partition coefficient (Wildman–Crippen LogP) is 3.22. The number of nitrogens with one attached hydrogen (secondary N) is 2. The molecule has 0 aliphatic heterocycles. The number of aromatic nitrogens is 3. The standard InChI is InChI=1S/C22H26N6OS/c1-2-29-13-7-12-24-22(30)26-25-15-20-17-28(16-18-8-4-3-5-9-18)27-21(20)19-10-6-11-23-14-19/h3-6,8-11,14-15,17H,2,7,12-13,16H2,1H3,(H2,24,26,30)/b25-15-. The fourth-order valence-corrected chi connectivity index (χ4v) is 2.99. The number of thiocarbonyl (C=S) groups is 1. The first-order valence-corrected chi connectivity index (χ1v) is 10.3. The lowest BCUT2D eigenvalue weighted by Crippen LogP contribution is -2.33. The second-order valence-electron chi connectivity index (χ2n) is 6.53. The van der Waals surface area contributed by atoms with Gasteiger partial charge in [0.15, 0.2) is 5.11 Å². The van der Waals surface area contributed by atoms with Crippen molar-refractivity contribution in [1.29, 1.82) is 0 Å². The zero-order valence-corrected chi connectivity index (χ0v) is 17.8. The van der Waals surface area contributed by atoms with E-state index in [1.807, 2.05) is 48.1 Å². The van der Waals surface area contributed by atoms with E-state index >= 15 is 0 Å². The molecule has 2 aromatic heterocycles. The fraction of sp³-hybridized carbons (Fsp3) is 0.273. The lowest BCUT2D eigenvalue weighted by atomic mass is 10.1. The van der Waals surface area contributed by atoms with E-state index in [9.17, 15) is 0 Å². The third-order valence-electron chi connectivity index (χ3n) is 4.24. The van der Waals surface area contributed by atoms with Crippen LogP contribution in [0.2, 0.25) is 0 Å². The summed E-state index contributed by atoms with van der Waals surface area (Å²) in [6, 6.07) is 14.1. The number of hydrogen-bond donors (Lipinski definition) is 2. The maximum Gasteiger partial charge on any atom is 0.186 e. The summed E-state index contributed by atoms with van der Waals surface area (Å²) in [5.74, 6) is 0. The highest BCUT2D eigenvalue weighted by atomic mass is 32.1. The minimum atomic E-state index is 0.474. The summed E-state index contributed by atoms with van der Waals surface area (Å²) in [5, 5.41) is 12.6. The summed E-state index contributed by atoms with van der Waals surface area (Å²) < 4.78 is 7.21. The second kappa shape index (κ2) is 11.8. The Hall–Kier alpha value is -3.10. The smallest absolute Gasteiger partial charge is 0.186 e. The fourth-order valence-electron chi connectivity index (χ4n) is 2.83. The van der Waals surface area contributed by atoms with E-state index in [-0.39, 0.29) is 0 Å². The molecular formula is C22H26N6OS. The molecule has 0 saturated heterocycles. The van der Waals surface area contributed by atoms with Crippen LogP contribution in [0.4, 0.5) is 0 Å². The molecule has 0 radical (unpaired) electrons. The van der Waals surface area contributed by atoms with E-state index in [0.717, 1.165) is 36.4 Å². The predicted molar refractivity (Wildman–Crippen MR) is 123 cm³/mol. The second-order valence-corrected chi connectivity index (χ2v) is 6.94. The van der Waals surface area contributed by atoms with Gasteiger partial charge in [0.1, 0.15) is 5.69 Å². The van der Waals surface area contributed by atoms with E-state index in [4.69, 9.17) is 22.1 Å². The Bertz CT molecular complexity index is 943. The van der Waals surface area contributed by atoms with Gasteiger partial charge in [-0.25, -0.2) is 0 Å². The van der Waals surface area contributed by atoms with Crippen molar-refractivity contribution >= 4 is 23.5 Å². The summed E-state index contributed by atoms with van der Waals surface area (Å²) >= 11 is 5.26. The van der Waals surface area contributed by atoms with E-state index in [1.54, 1.807) is 18.6 Å². The summed E-state index contributed by atoms with van der Waals surface area (Å²) in [6.45, 7) is 4.83. The van der Waals surface area contributed by atoms with Crippen LogP contribution in [0.15, 0.2) is 66.2 Å². The third-order valence-corrected chi connectivity index (χ3v) is 4.47. The minimum absolute atomic E-state index is 0.474. The first-order valence-electron chi connectivity index (χ1n) is 9.92. The van der Waals surface area contributed by atoms with Crippen molar-refractivity contribution in [2.24, 2.45) is 5.10 Å². The molecule has 0 fully saturated rings. The highest BCUT2D eigenvalue weighted by Crippen LogP contribution is 2.20. The topological polar surface area (TPSA) is 76.4 Å². The lowest BCUT2D eigenvalue weighted by Gasteiger charge is -2.06. The van der Waals surface area contributed by atoms with Gasteiger partial charge in [-0.1, -0.05) is 30.3 Å². The van der Waals surface area contributed by atoms with Crippen molar-refractivity contribution in [3.05, 3.63) is 72.2 Å². The maximum absolute atomic E-state index is 5.31. The van der Waals surface area contributed by atoms with Gasteiger partial charge in [-0.2, -0.15) is 10.2 Å². The van der Waals surface area contributed by atoms with Crippen molar-refractivity contribution in [3.63, 3.8) is 0 Å². The van der Waals surface area contributed by atoms with Gasteiger partial charge in [0.25, 0.3) is 0 Å². The van der Waals surface area contributed by atoms with Gasteiger partial charge >= 0.3 is 0 Å².